The molecule has 2 amide bonds. The van der Waals surface area contributed by atoms with Gasteiger partial charge in [-0.05, 0) is 56.4 Å². The maximum absolute atomic E-state index is 13.1. The average Bonchev–Trinajstić information content (AvgIpc) is 2.82. The number of carbonyl (C=O) groups excluding carboxylic acids is 2. The highest BCUT2D eigenvalue weighted by Gasteiger charge is 2.45. The van der Waals surface area contributed by atoms with Crippen molar-refractivity contribution in [2.75, 3.05) is 13.1 Å². The first kappa shape index (κ1) is 18.9. The number of benzene rings is 1. The molecule has 0 saturated carbocycles. The van der Waals surface area contributed by atoms with E-state index in [1.165, 1.54) is 6.07 Å². The van der Waals surface area contributed by atoms with Gasteiger partial charge in [-0.2, -0.15) is 0 Å². The summed E-state index contributed by atoms with van der Waals surface area (Å²) in [5.41, 5.74) is 1.82. The molecule has 0 bridgehead atoms. The average molecular weight is 378 g/mol. The molecule has 0 aliphatic carbocycles. The van der Waals surface area contributed by atoms with Crippen molar-refractivity contribution in [3.05, 3.63) is 29.3 Å². The summed E-state index contributed by atoms with van der Waals surface area (Å²) in [5, 5.41) is 0. The van der Waals surface area contributed by atoms with E-state index in [4.69, 9.17) is 0 Å². The van der Waals surface area contributed by atoms with Crippen LogP contribution in [0.1, 0.15) is 49.7 Å². The van der Waals surface area contributed by atoms with Gasteiger partial charge < -0.3 is 4.90 Å². The summed E-state index contributed by atoms with van der Waals surface area (Å²) < 4.78 is 27.1. The first-order chi connectivity index (χ1) is 12.3. The van der Waals surface area contributed by atoms with Crippen molar-refractivity contribution in [2.45, 2.75) is 63.3 Å². The van der Waals surface area contributed by atoms with Crippen LogP contribution < -0.4 is 0 Å². The van der Waals surface area contributed by atoms with Crippen LogP contribution in [0.4, 0.5) is 0 Å². The number of likely N-dealkylation sites (tertiary alicyclic amines) is 1. The van der Waals surface area contributed by atoms with E-state index in [9.17, 15) is 18.0 Å². The van der Waals surface area contributed by atoms with Gasteiger partial charge in [0.05, 0.1) is 4.90 Å². The summed E-state index contributed by atoms with van der Waals surface area (Å²) >= 11 is 0. The van der Waals surface area contributed by atoms with Crippen LogP contribution in [0.5, 0.6) is 0 Å². The zero-order chi connectivity index (χ0) is 18.9. The molecule has 0 N–H and O–H groups in total. The Labute approximate surface area is 155 Å². The quantitative estimate of drug-likeness (QED) is 0.809. The largest absolute Gasteiger partial charge is 0.341 e. The fraction of sp³-hybridized carbons (Fsp3) is 0.579. The zero-order valence-electron chi connectivity index (χ0n) is 15.4. The molecule has 2 aliphatic heterocycles. The Hall–Kier alpha value is -1.89. The number of sulfonamides is 1. The number of rotatable bonds is 3. The Morgan fingerprint density at radius 3 is 2.31 bits per heavy atom. The molecule has 0 radical (unpaired) electrons. The van der Waals surface area contributed by atoms with Crippen LogP contribution in [0.2, 0.25) is 0 Å². The normalized spacial score (nSPS) is 21.8. The molecule has 2 aliphatic rings. The van der Waals surface area contributed by atoms with E-state index in [1.807, 2.05) is 13.8 Å². The lowest BCUT2D eigenvalue weighted by Gasteiger charge is -2.29. The number of carbonyl (C=O) groups is 2. The Morgan fingerprint density at radius 2 is 1.69 bits per heavy atom. The fourth-order valence-corrected chi connectivity index (χ4v) is 5.36. The third kappa shape index (κ3) is 3.49. The first-order valence-electron chi connectivity index (χ1n) is 9.25. The van der Waals surface area contributed by atoms with Gasteiger partial charge in [0.2, 0.25) is 11.8 Å². The van der Waals surface area contributed by atoms with E-state index in [0.717, 1.165) is 41.1 Å². The van der Waals surface area contributed by atoms with Gasteiger partial charge in [-0.1, -0.05) is 18.9 Å². The summed E-state index contributed by atoms with van der Waals surface area (Å²) in [7, 11) is -4.03. The Bertz CT molecular complexity index is 811. The highest BCUT2D eigenvalue weighted by atomic mass is 32.2. The second kappa shape index (κ2) is 7.39. The molecule has 2 heterocycles. The topological polar surface area (TPSA) is 74.8 Å². The second-order valence-corrected chi connectivity index (χ2v) is 9.05. The summed E-state index contributed by atoms with van der Waals surface area (Å²) in [6.07, 6.45) is 4.37. The van der Waals surface area contributed by atoms with Crippen LogP contribution in [-0.4, -0.2) is 48.6 Å². The van der Waals surface area contributed by atoms with Gasteiger partial charge in [-0.3, -0.25) is 9.59 Å². The van der Waals surface area contributed by atoms with E-state index in [0.29, 0.717) is 13.1 Å². The highest BCUT2D eigenvalue weighted by Crippen LogP contribution is 2.29. The molecule has 7 heteroatoms. The van der Waals surface area contributed by atoms with Gasteiger partial charge in [0.25, 0.3) is 10.0 Å². The maximum atomic E-state index is 13.1. The second-order valence-electron chi connectivity index (χ2n) is 7.23. The highest BCUT2D eigenvalue weighted by molar-refractivity contribution is 7.89. The number of nitrogens with zero attached hydrogens (tertiary/aromatic N) is 2. The van der Waals surface area contributed by atoms with E-state index < -0.39 is 22.0 Å². The van der Waals surface area contributed by atoms with E-state index in [1.54, 1.807) is 17.0 Å². The van der Waals surface area contributed by atoms with Crippen molar-refractivity contribution in [1.29, 1.82) is 0 Å². The van der Waals surface area contributed by atoms with Crippen molar-refractivity contribution >= 4 is 21.8 Å². The standard InChI is InChI=1S/C19H26N2O4S/c1-14-7-8-16(13-15(14)2)26(24,25)21-17(9-10-18(21)22)19(23)20-11-5-3-4-6-12-20/h7-8,13,17H,3-6,9-12H2,1-2H3. The van der Waals surface area contributed by atoms with Crippen LogP contribution in [0, 0.1) is 13.8 Å². The number of hydrogen-bond acceptors (Lipinski definition) is 4. The van der Waals surface area contributed by atoms with Crippen molar-refractivity contribution in [2.24, 2.45) is 0 Å². The fourth-order valence-electron chi connectivity index (χ4n) is 3.68. The zero-order valence-corrected chi connectivity index (χ0v) is 16.2. The van der Waals surface area contributed by atoms with Gasteiger partial charge in [-0.25, -0.2) is 12.7 Å². The maximum Gasteiger partial charge on any atom is 0.267 e. The molecule has 6 nitrogen and oxygen atoms in total. The summed E-state index contributed by atoms with van der Waals surface area (Å²) in [6.45, 7) is 5.01. The van der Waals surface area contributed by atoms with Crippen molar-refractivity contribution in [3.8, 4) is 0 Å². The minimum atomic E-state index is -4.03. The van der Waals surface area contributed by atoms with Crippen LogP contribution in [0.3, 0.4) is 0 Å². The van der Waals surface area contributed by atoms with Gasteiger partial charge in [-0.15, -0.1) is 0 Å². The SMILES string of the molecule is Cc1ccc(S(=O)(=O)N2C(=O)CCC2C(=O)N2CCCCCC2)cc1C. The Morgan fingerprint density at radius 1 is 1.04 bits per heavy atom. The van der Waals surface area contributed by atoms with Gasteiger partial charge in [0, 0.05) is 19.5 Å². The third-order valence-electron chi connectivity index (χ3n) is 5.40. The van der Waals surface area contributed by atoms with Crippen LogP contribution in [-0.2, 0) is 19.6 Å². The number of aryl methyl sites for hydroxylation is 2. The molecule has 26 heavy (non-hydrogen) atoms. The molecule has 1 aromatic carbocycles. The first-order valence-corrected chi connectivity index (χ1v) is 10.7. The van der Waals surface area contributed by atoms with E-state index in [-0.39, 0.29) is 23.6 Å². The molecular weight excluding hydrogens is 352 g/mol. The summed E-state index contributed by atoms with van der Waals surface area (Å²) in [6, 6.07) is 3.90. The van der Waals surface area contributed by atoms with Gasteiger partial charge >= 0.3 is 0 Å². The van der Waals surface area contributed by atoms with Gasteiger partial charge in [0.1, 0.15) is 6.04 Å². The minimum Gasteiger partial charge on any atom is -0.341 e. The van der Waals surface area contributed by atoms with E-state index >= 15 is 0 Å². The number of amides is 2. The van der Waals surface area contributed by atoms with Crippen LogP contribution in [0.15, 0.2) is 23.1 Å². The Balaban J connectivity index is 1.91. The lowest BCUT2D eigenvalue weighted by atomic mass is 10.1. The van der Waals surface area contributed by atoms with E-state index in [2.05, 4.69) is 0 Å². The van der Waals surface area contributed by atoms with Crippen LogP contribution >= 0.6 is 0 Å². The molecular formula is C19H26N2O4S. The van der Waals surface area contributed by atoms with Crippen LogP contribution in [0.25, 0.3) is 0 Å². The number of hydrogen-bond donors (Lipinski definition) is 0. The molecule has 2 fully saturated rings. The third-order valence-corrected chi connectivity index (χ3v) is 7.22. The molecule has 142 valence electrons. The summed E-state index contributed by atoms with van der Waals surface area (Å²) in [4.78, 5) is 27.2. The molecule has 0 spiro atoms. The smallest absolute Gasteiger partial charge is 0.267 e. The molecule has 0 aromatic heterocycles. The van der Waals surface area contributed by atoms with Crippen molar-refractivity contribution < 1.29 is 18.0 Å². The molecule has 1 unspecified atom stereocenters. The molecule has 2 saturated heterocycles. The Kier molecular flexibility index (Phi) is 5.37. The predicted molar refractivity (Wildman–Crippen MR) is 98.0 cm³/mol. The predicted octanol–water partition coefficient (Wildman–Crippen LogP) is 2.39. The monoisotopic (exact) mass is 378 g/mol. The molecule has 3 rings (SSSR count). The van der Waals surface area contributed by atoms with Crippen molar-refractivity contribution in [3.63, 3.8) is 0 Å². The van der Waals surface area contributed by atoms with Crippen molar-refractivity contribution in [1.82, 2.24) is 9.21 Å². The lowest BCUT2D eigenvalue weighted by Crippen LogP contribution is -2.49. The summed E-state index contributed by atoms with van der Waals surface area (Å²) in [5.74, 6) is -0.721. The molecule has 1 atom stereocenters. The molecule has 1 aromatic rings. The minimum absolute atomic E-state index is 0.0736. The van der Waals surface area contributed by atoms with Gasteiger partial charge in [0.15, 0.2) is 0 Å². The lowest BCUT2D eigenvalue weighted by molar-refractivity contribution is -0.137.